The van der Waals surface area contributed by atoms with Crippen molar-refractivity contribution in [2.24, 2.45) is 7.05 Å². The van der Waals surface area contributed by atoms with Crippen molar-refractivity contribution in [3.05, 3.63) is 48.7 Å². The summed E-state index contributed by atoms with van der Waals surface area (Å²) in [5, 5.41) is 3.94. The van der Waals surface area contributed by atoms with E-state index in [2.05, 4.69) is 74.9 Å². The van der Waals surface area contributed by atoms with Crippen molar-refractivity contribution in [3.63, 3.8) is 0 Å². The fourth-order valence-electron chi connectivity index (χ4n) is 5.08. The van der Waals surface area contributed by atoms with Gasteiger partial charge in [0.2, 0.25) is 0 Å². The van der Waals surface area contributed by atoms with Gasteiger partial charge in [0, 0.05) is 57.4 Å². The summed E-state index contributed by atoms with van der Waals surface area (Å²) in [5.41, 5.74) is 5.26. The van der Waals surface area contributed by atoms with Gasteiger partial charge in [-0.3, -0.25) is 8.97 Å². The number of imidazole rings is 1. The highest BCUT2D eigenvalue weighted by molar-refractivity contribution is 6.76. The zero-order valence-electron chi connectivity index (χ0n) is 25.9. The van der Waals surface area contributed by atoms with Crippen LogP contribution in [0.5, 0.6) is 5.75 Å². The Morgan fingerprint density at radius 2 is 1.83 bits per heavy atom. The van der Waals surface area contributed by atoms with E-state index in [4.69, 9.17) is 19.2 Å². The number of methoxy groups -OCH3 is 1. The number of alkyl carbamates (subject to hydrolysis) is 1. The number of nitrogens with zero attached hydrogens (tertiary/aromatic N) is 5. The quantitative estimate of drug-likeness (QED) is 0.153. The molecule has 0 saturated carbocycles. The molecule has 0 saturated heterocycles. The molecule has 0 aliphatic rings. The second-order valence-electron chi connectivity index (χ2n) is 12.9. The molecule has 11 heteroatoms. The van der Waals surface area contributed by atoms with E-state index in [1.54, 1.807) is 7.11 Å². The minimum atomic E-state index is -1.24. The number of aryl methyl sites for hydroxylation is 1. The molecule has 0 fully saturated rings. The first-order valence-corrected chi connectivity index (χ1v) is 18.1. The third-order valence-electron chi connectivity index (χ3n) is 7.18. The van der Waals surface area contributed by atoms with Gasteiger partial charge in [0.1, 0.15) is 23.9 Å². The summed E-state index contributed by atoms with van der Waals surface area (Å²) in [6.07, 6.45) is 5.90. The maximum atomic E-state index is 12.2. The van der Waals surface area contributed by atoms with Crippen LogP contribution in [-0.2, 0) is 29.7 Å². The highest BCUT2D eigenvalue weighted by atomic mass is 28.3. The number of amides is 1. The standard InChI is InChI=1S/C31H42N6O4Si/c1-31(2,3)41-30(38)32-12-11-28-33-17-21-18-34-29-27(37(21)28)16-26(36(29)20-40-13-14-42(6,7)8)24-19-35(4)25-10-9-22(39-5)15-23(24)25/h9-10,15-19H,11-14,20H2,1-8H3,(H,32,38). The van der Waals surface area contributed by atoms with Gasteiger partial charge in [0.15, 0.2) is 5.65 Å². The first-order chi connectivity index (χ1) is 19.8. The third-order valence-corrected chi connectivity index (χ3v) is 8.88. The van der Waals surface area contributed by atoms with Gasteiger partial charge in [0.25, 0.3) is 0 Å². The number of benzene rings is 1. The molecule has 4 aromatic heterocycles. The lowest BCUT2D eigenvalue weighted by Crippen LogP contribution is -2.33. The number of rotatable bonds is 10. The minimum Gasteiger partial charge on any atom is -0.497 e. The van der Waals surface area contributed by atoms with E-state index in [0.29, 0.717) is 26.3 Å². The van der Waals surface area contributed by atoms with E-state index in [0.717, 1.165) is 56.5 Å². The molecule has 0 unspecified atom stereocenters. The highest BCUT2D eigenvalue weighted by Gasteiger charge is 2.21. The monoisotopic (exact) mass is 590 g/mol. The highest BCUT2D eigenvalue weighted by Crippen LogP contribution is 2.36. The summed E-state index contributed by atoms with van der Waals surface area (Å²) < 4.78 is 23.6. The number of fused-ring (bicyclic) bond motifs is 4. The number of aromatic nitrogens is 5. The molecule has 0 aliphatic heterocycles. The Balaban J connectivity index is 1.57. The number of nitrogens with one attached hydrogen (secondary N) is 1. The summed E-state index contributed by atoms with van der Waals surface area (Å²) >= 11 is 0. The molecule has 224 valence electrons. The van der Waals surface area contributed by atoms with Crippen LogP contribution in [0.25, 0.3) is 38.8 Å². The lowest BCUT2D eigenvalue weighted by molar-refractivity contribution is 0.0528. The van der Waals surface area contributed by atoms with Crippen LogP contribution >= 0.6 is 0 Å². The van der Waals surface area contributed by atoms with Crippen molar-refractivity contribution in [2.45, 2.75) is 65.2 Å². The number of carbonyl (C=O) groups excluding carboxylic acids is 1. The summed E-state index contributed by atoms with van der Waals surface area (Å²) in [6, 6.07) is 9.39. The normalized spacial score (nSPS) is 12.5. The van der Waals surface area contributed by atoms with Crippen LogP contribution in [0.4, 0.5) is 4.79 Å². The predicted molar refractivity (Wildman–Crippen MR) is 169 cm³/mol. The predicted octanol–water partition coefficient (Wildman–Crippen LogP) is 6.23. The molecule has 5 aromatic rings. The summed E-state index contributed by atoms with van der Waals surface area (Å²) in [6.45, 7) is 14.1. The molecule has 0 bridgehead atoms. The van der Waals surface area contributed by atoms with Crippen molar-refractivity contribution in [2.75, 3.05) is 20.3 Å². The number of hydrogen-bond donors (Lipinski definition) is 1. The first kappa shape index (κ1) is 29.7. The molecule has 0 atom stereocenters. The summed E-state index contributed by atoms with van der Waals surface area (Å²) in [4.78, 5) is 21.8. The van der Waals surface area contributed by atoms with Crippen LogP contribution in [0.2, 0.25) is 25.7 Å². The molecule has 0 aliphatic carbocycles. The van der Waals surface area contributed by atoms with Crippen molar-refractivity contribution in [1.29, 1.82) is 0 Å². The summed E-state index contributed by atoms with van der Waals surface area (Å²) in [5.74, 6) is 1.63. The van der Waals surface area contributed by atoms with Crippen molar-refractivity contribution in [3.8, 4) is 17.0 Å². The molecule has 10 nitrogen and oxygen atoms in total. The van der Waals surface area contributed by atoms with Gasteiger partial charge < -0.3 is 24.1 Å². The third kappa shape index (κ3) is 6.31. The summed E-state index contributed by atoms with van der Waals surface area (Å²) in [7, 11) is 2.50. The lowest BCUT2D eigenvalue weighted by atomic mass is 10.1. The molecule has 42 heavy (non-hydrogen) atoms. The van der Waals surface area contributed by atoms with Crippen LogP contribution in [0, 0.1) is 0 Å². The molecule has 0 radical (unpaired) electrons. The minimum absolute atomic E-state index is 0.381. The molecule has 5 rings (SSSR count). The van der Waals surface area contributed by atoms with Crippen LogP contribution in [0.15, 0.2) is 42.9 Å². The van der Waals surface area contributed by atoms with Gasteiger partial charge >= 0.3 is 6.09 Å². The number of carbonyl (C=O) groups is 1. The van der Waals surface area contributed by atoms with E-state index < -0.39 is 19.8 Å². The molecule has 1 aromatic carbocycles. The maximum absolute atomic E-state index is 12.2. The average Bonchev–Trinajstić information content (AvgIpc) is 3.58. The molecule has 1 N–H and O–H groups in total. The molecule has 1 amide bonds. The second-order valence-corrected chi connectivity index (χ2v) is 18.5. The van der Waals surface area contributed by atoms with E-state index in [-0.39, 0.29) is 0 Å². The second kappa shape index (κ2) is 11.4. The van der Waals surface area contributed by atoms with Gasteiger partial charge in [-0.2, -0.15) is 0 Å². The van der Waals surface area contributed by atoms with E-state index in [1.165, 1.54) is 0 Å². The Labute approximate surface area is 247 Å². The SMILES string of the molecule is COc1ccc2c(c1)c(-c1cc3c(ncc4cnc(CCNC(=O)OC(C)(C)C)n43)n1COCC[Si](C)(C)C)cn2C. The van der Waals surface area contributed by atoms with Gasteiger partial charge in [-0.15, -0.1) is 0 Å². The molecule has 0 spiro atoms. The van der Waals surface area contributed by atoms with Crippen LogP contribution in [0.3, 0.4) is 0 Å². The van der Waals surface area contributed by atoms with Gasteiger partial charge in [-0.05, 0) is 51.1 Å². The van der Waals surface area contributed by atoms with E-state index in [1.807, 2.05) is 39.2 Å². The smallest absolute Gasteiger partial charge is 0.407 e. The molecular weight excluding hydrogens is 548 g/mol. The lowest BCUT2D eigenvalue weighted by Gasteiger charge is -2.19. The fraction of sp³-hybridized carbons (Fsp3) is 0.452. The topological polar surface area (TPSA) is 96.8 Å². The van der Waals surface area contributed by atoms with Crippen molar-refractivity contribution < 1.29 is 19.0 Å². The van der Waals surface area contributed by atoms with E-state index in [9.17, 15) is 4.79 Å². The zero-order valence-corrected chi connectivity index (χ0v) is 26.9. The largest absolute Gasteiger partial charge is 0.497 e. The Kier molecular flexibility index (Phi) is 8.08. The van der Waals surface area contributed by atoms with Crippen LogP contribution in [-0.4, -0.2) is 63.5 Å². The first-order valence-electron chi connectivity index (χ1n) is 14.4. The molecule has 4 heterocycles. The average molecular weight is 591 g/mol. The van der Waals surface area contributed by atoms with Gasteiger partial charge in [0.05, 0.1) is 36.2 Å². The maximum Gasteiger partial charge on any atom is 0.407 e. The Morgan fingerprint density at radius 3 is 2.55 bits per heavy atom. The Hall–Kier alpha value is -3.83. The van der Waals surface area contributed by atoms with Crippen molar-refractivity contribution in [1.82, 2.24) is 28.8 Å². The van der Waals surface area contributed by atoms with Gasteiger partial charge in [-0.25, -0.2) is 14.8 Å². The fourth-order valence-corrected chi connectivity index (χ4v) is 5.84. The van der Waals surface area contributed by atoms with E-state index >= 15 is 0 Å². The van der Waals surface area contributed by atoms with Crippen molar-refractivity contribution >= 4 is 41.8 Å². The van der Waals surface area contributed by atoms with Crippen LogP contribution < -0.4 is 10.1 Å². The van der Waals surface area contributed by atoms with Crippen LogP contribution in [0.1, 0.15) is 26.6 Å². The molecular formula is C31H42N6O4Si. The van der Waals surface area contributed by atoms with Gasteiger partial charge in [-0.1, -0.05) is 19.6 Å². The zero-order chi connectivity index (χ0) is 30.2. The Bertz CT molecular complexity index is 1740. The number of hydrogen-bond acceptors (Lipinski definition) is 6. The Morgan fingerprint density at radius 1 is 1.07 bits per heavy atom. The number of ether oxygens (including phenoxy) is 3.